The number of carbonyl (C=O) groups is 1. The Morgan fingerprint density at radius 3 is 1.18 bits per heavy atom. The monoisotopic (exact) mass is 448 g/mol. The van der Waals surface area contributed by atoms with Crippen LogP contribution >= 0.6 is 0 Å². The lowest BCUT2D eigenvalue weighted by Gasteiger charge is -2.29. The van der Waals surface area contributed by atoms with Crippen LogP contribution in [0.3, 0.4) is 0 Å². The Balaban J connectivity index is 1.50. The lowest BCUT2D eigenvalue weighted by Crippen LogP contribution is -2.46. The smallest absolute Gasteiger partial charge is 0.248 e. The standard InChI is InChI=1S/C29H28N4O/c34-29-32(30-21-23-13-5-1-6-14-23)27(25-17-9-3-10-18-25)28(26-19-11-4-12-20-26)33(29)31-22-24-15-7-2-8-16-24/h1-20,27-28,30-31H,21-22H2/t27-,28-/m1/s1. The third-order valence-corrected chi connectivity index (χ3v) is 6.14. The van der Waals surface area contributed by atoms with Crippen LogP contribution in [0.4, 0.5) is 4.79 Å². The summed E-state index contributed by atoms with van der Waals surface area (Å²) in [6, 6.07) is 40.2. The molecule has 5 rings (SSSR count). The number of nitrogens with zero attached hydrogens (tertiary/aromatic N) is 2. The van der Waals surface area contributed by atoms with E-state index in [9.17, 15) is 4.79 Å². The lowest BCUT2D eigenvalue weighted by molar-refractivity contribution is 0.147. The van der Waals surface area contributed by atoms with Crippen molar-refractivity contribution in [2.75, 3.05) is 0 Å². The van der Waals surface area contributed by atoms with E-state index in [2.05, 4.69) is 59.4 Å². The molecule has 1 aliphatic rings. The maximum absolute atomic E-state index is 13.8. The molecule has 1 fully saturated rings. The maximum atomic E-state index is 13.8. The van der Waals surface area contributed by atoms with E-state index < -0.39 is 0 Å². The van der Waals surface area contributed by atoms with Crippen molar-refractivity contribution < 1.29 is 4.79 Å². The minimum absolute atomic E-state index is 0.102. The number of amides is 2. The van der Waals surface area contributed by atoms with E-state index in [-0.39, 0.29) is 18.1 Å². The van der Waals surface area contributed by atoms with Crippen LogP contribution in [0, 0.1) is 0 Å². The van der Waals surface area contributed by atoms with Gasteiger partial charge in [0.05, 0.1) is 0 Å². The Hall–Kier alpha value is -3.93. The summed E-state index contributed by atoms with van der Waals surface area (Å²) >= 11 is 0. The number of nitrogens with one attached hydrogen (secondary N) is 2. The third kappa shape index (κ3) is 4.71. The summed E-state index contributed by atoms with van der Waals surface area (Å²) in [5.74, 6) is 0. The van der Waals surface area contributed by atoms with Crippen molar-refractivity contribution in [3.05, 3.63) is 144 Å². The first-order valence-electron chi connectivity index (χ1n) is 11.6. The van der Waals surface area contributed by atoms with Crippen molar-refractivity contribution in [1.82, 2.24) is 20.9 Å². The molecule has 1 aliphatic heterocycles. The van der Waals surface area contributed by atoms with E-state index in [1.54, 1.807) is 10.0 Å². The molecule has 5 nitrogen and oxygen atoms in total. The fraction of sp³-hybridized carbons (Fsp3) is 0.138. The van der Waals surface area contributed by atoms with E-state index in [0.717, 1.165) is 22.3 Å². The molecular weight excluding hydrogens is 420 g/mol. The Morgan fingerprint density at radius 1 is 0.500 bits per heavy atom. The fourth-order valence-electron chi connectivity index (χ4n) is 4.48. The van der Waals surface area contributed by atoms with Gasteiger partial charge in [-0.05, 0) is 22.3 Å². The molecule has 0 radical (unpaired) electrons. The second-order valence-corrected chi connectivity index (χ2v) is 8.37. The molecule has 0 aliphatic carbocycles. The van der Waals surface area contributed by atoms with Gasteiger partial charge in [-0.2, -0.15) is 0 Å². The van der Waals surface area contributed by atoms with Crippen LogP contribution in [0.1, 0.15) is 34.3 Å². The first-order valence-corrected chi connectivity index (χ1v) is 11.6. The molecule has 2 N–H and O–H groups in total. The summed E-state index contributed by atoms with van der Waals surface area (Å²) in [5, 5.41) is 3.55. The van der Waals surface area contributed by atoms with Crippen LogP contribution in [0.5, 0.6) is 0 Å². The van der Waals surface area contributed by atoms with Crippen molar-refractivity contribution in [3.8, 4) is 0 Å². The topological polar surface area (TPSA) is 47.6 Å². The summed E-state index contributed by atoms with van der Waals surface area (Å²) in [6.45, 7) is 1.12. The first kappa shape index (κ1) is 21.9. The minimum atomic E-state index is -0.205. The van der Waals surface area contributed by atoms with Gasteiger partial charge in [0.15, 0.2) is 0 Å². The molecule has 4 aromatic carbocycles. The molecule has 5 heteroatoms. The Bertz CT molecular complexity index is 1090. The van der Waals surface area contributed by atoms with E-state index in [1.807, 2.05) is 72.8 Å². The van der Waals surface area contributed by atoms with Gasteiger partial charge in [0.25, 0.3) is 0 Å². The summed E-state index contributed by atoms with van der Waals surface area (Å²) in [4.78, 5) is 13.8. The largest absolute Gasteiger partial charge is 0.350 e. The van der Waals surface area contributed by atoms with E-state index >= 15 is 0 Å². The maximum Gasteiger partial charge on any atom is 0.350 e. The highest BCUT2D eigenvalue weighted by Gasteiger charge is 2.47. The Labute approximate surface area is 200 Å². The average molecular weight is 449 g/mol. The van der Waals surface area contributed by atoms with Gasteiger partial charge in [-0.1, -0.05) is 121 Å². The summed E-state index contributed by atoms with van der Waals surface area (Å²) in [6.07, 6.45) is 0. The predicted octanol–water partition coefficient (Wildman–Crippen LogP) is 5.62. The second-order valence-electron chi connectivity index (χ2n) is 8.37. The SMILES string of the molecule is O=C1N(NCc2ccccc2)[C@H](c2ccccc2)[C@@H](c2ccccc2)N1NCc1ccccc1. The third-order valence-electron chi connectivity index (χ3n) is 6.14. The normalized spacial score (nSPS) is 17.8. The number of hydrazine groups is 2. The van der Waals surface area contributed by atoms with Crippen molar-refractivity contribution in [3.63, 3.8) is 0 Å². The van der Waals surface area contributed by atoms with Gasteiger partial charge in [-0.15, -0.1) is 0 Å². The molecule has 1 saturated heterocycles. The van der Waals surface area contributed by atoms with Gasteiger partial charge in [-0.25, -0.2) is 25.7 Å². The predicted molar refractivity (Wildman–Crippen MR) is 134 cm³/mol. The van der Waals surface area contributed by atoms with Crippen LogP contribution < -0.4 is 10.9 Å². The highest BCUT2D eigenvalue weighted by atomic mass is 16.2. The van der Waals surface area contributed by atoms with Gasteiger partial charge < -0.3 is 0 Å². The van der Waals surface area contributed by atoms with Gasteiger partial charge in [0, 0.05) is 13.1 Å². The number of benzene rings is 4. The molecule has 170 valence electrons. The molecule has 34 heavy (non-hydrogen) atoms. The number of urea groups is 1. The number of hydrogen-bond donors (Lipinski definition) is 2. The summed E-state index contributed by atoms with van der Waals surface area (Å²) < 4.78 is 0. The van der Waals surface area contributed by atoms with Crippen molar-refractivity contribution in [2.24, 2.45) is 0 Å². The quantitative estimate of drug-likeness (QED) is 0.368. The molecule has 2 amide bonds. The molecule has 0 unspecified atom stereocenters. The first-order chi connectivity index (χ1) is 16.8. The zero-order valence-corrected chi connectivity index (χ0v) is 18.9. The molecule has 0 saturated carbocycles. The molecule has 1 heterocycles. The average Bonchev–Trinajstić information content (AvgIpc) is 3.19. The van der Waals surface area contributed by atoms with Crippen molar-refractivity contribution in [2.45, 2.75) is 25.2 Å². The van der Waals surface area contributed by atoms with Crippen LogP contribution in [0.2, 0.25) is 0 Å². The number of carbonyl (C=O) groups excluding carboxylic acids is 1. The number of hydrogen-bond acceptors (Lipinski definition) is 3. The van der Waals surface area contributed by atoms with Crippen LogP contribution in [-0.2, 0) is 13.1 Å². The van der Waals surface area contributed by atoms with Crippen LogP contribution in [0.25, 0.3) is 0 Å². The molecule has 2 atom stereocenters. The highest BCUT2D eigenvalue weighted by molar-refractivity contribution is 5.78. The fourth-order valence-corrected chi connectivity index (χ4v) is 4.48. The van der Waals surface area contributed by atoms with Crippen molar-refractivity contribution >= 4 is 6.03 Å². The van der Waals surface area contributed by atoms with Gasteiger partial charge in [0.2, 0.25) is 0 Å². The van der Waals surface area contributed by atoms with Gasteiger partial charge in [-0.3, -0.25) is 0 Å². The molecule has 0 bridgehead atoms. The summed E-state index contributed by atoms with van der Waals surface area (Å²) in [5.41, 5.74) is 11.2. The Kier molecular flexibility index (Phi) is 6.66. The second kappa shape index (κ2) is 10.3. The minimum Gasteiger partial charge on any atom is -0.248 e. The van der Waals surface area contributed by atoms with E-state index in [0.29, 0.717) is 13.1 Å². The highest BCUT2D eigenvalue weighted by Crippen LogP contribution is 2.43. The van der Waals surface area contributed by atoms with Crippen molar-refractivity contribution in [1.29, 1.82) is 0 Å². The van der Waals surface area contributed by atoms with Crippen LogP contribution in [0.15, 0.2) is 121 Å². The van der Waals surface area contributed by atoms with E-state index in [1.165, 1.54) is 0 Å². The number of rotatable bonds is 8. The van der Waals surface area contributed by atoms with Gasteiger partial charge in [0.1, 0.15) is 12.1 Å². The van der Waals surface area contributed by atoms with Gasteiger partial charge >= 0.3 is 6.03 Å². The molecule has 4 aromatic rings. The summed E-state index contributed by atoms with van der Waals surface area (Å²) in [7, 11) is 0. The zero-order valence-electron chi connectivity index (χ0n) is 18.9. The zero-order chi connectivity index (χ0) is 23.2. The van der Waals surface area contributed by atoms with Crippen LogP contribution in [-0.4, -0.2) is 16.0 Å². The molecular formula is C29H28N4O. The lowest BCUT2D eigenvalue weighted by atomic mass is 9.94. The molecule has 0 aromatic heterocycles. The molecule has 0 spiro atoms. The Morgan fingerprint density at radius 2 is 0.824 bits per heavy atom. The van der Waals surface area contributed by atoms with E-state index in [4.69, 9.17) is 0 Å².